The van der Waals surface area contributed by atoms with Gasteiger partial charge in [-0.1, -0.05) is 6.08 Å². The second-order valence-electron chi connectivity index (χ2n) is 4.39. The van der Waals surface area contributed by atoms with E-state index in [1.54, 1.807) is 0 Å². The molecule has 0 aliphatic carbocycles. The molecule has 0 unspecified atom stereocenters. The van der Waals surface area contributed by atoms with Gasteiger partial charge >= 0.3 is 6.03 Å². The molecule has 3 N–H and O–H groups in total. The van der Waals surface area contributed by atoms with E-state index in [0.29, 0.717) is 5.01 Å². The molecule has 4 atom stereocenters. The molecule has 9 nitrogen and oxygen atoms in total. The Balaban J connectivity index is 2.92. The zero-order chi connectivity index (χ0) is 16.0. The fourth-order valence-corrected chi connectivity index (χ4v) is 2.05. The standard InChI is InChI=1S/C11H18ClN3O6/c1-2-4-14(11(19)15(13-20)5-3-12)10-9(18)8(17)7(16)6-21-10/h2,7-10,16-18H,1,3-6H2/t7-,8-,9+,10-/m1/s1. The summed E-state index contributed by atoms with van der Waals surface area (Å²) in [7, 11) is 0. The van der Waals surface area contributed by atoms with E-state index < -0.39 is 30.6 Å². The van der Waals surface area contributed by atoms with Crippen LogP contribution in [0.4, 0.5) is 4.79 Å². The Morgan fingerprint density at radius 2 is 2.10 bits per heavy atom. The van der Waals surface area contributed by atoms with Crippen molar-refractivity contribution >= 4 is 17.6 Å². The predicted molar refractivity (Wildman–Crippen MR) is 73.3 cm³/mol. The van der Waals surface area contributed by atoms with Gasteiger partial charge in [-0.05, 0) is 0 Å². The maximum Gasteiger partial charge on any atom is 0.345 e. The van der Waals surface area contributed by atoms with Gasteiger partial charge in [-0.15, -0.1) is 23.1 Å². The number of rotatable bonds is 6. The van der Waals surface area contributed by atoms with Gasteiger partial charge < -0.3 is 20.1 Å². The second kappa shape index (κ2) is 8.25. The highest BCUT2D eigenvalue weighted by Gasteiger charge is 2.43. The Bertz CT molecular complexity index is 385. The number of carbonyl (C=O) groups is 1. The van der Waals surface area contributed by atoms with Gasteiger partial charge in [0.05, 0.1) is 18.4 Å². The van der Waals surface area contributed by atoms with Crippen molar-refractivity contribution in [2.75, 3.05) is 25.6 Å². The van der Waals surface area contributed by atoms with E-state index in [2.05, 4.69) is 11.9 Å². The average Bonchev–Trinajstić information content (AvgIpc) is 2.48. The lowest BCUT2D eigenvalue weighted by Gasteiger charge is -2.41. The summed E-state index contributed by atoms with van der Waals surface area (Å²) in [6, 6.07) is -0.849. The van der Waals surface area contributed by atoms with Crippen LogP contribution in [0.1, 0.15) is 0 Å². The van der Waals surface area contributed by atoms with Gasteiger partial charge in [0.2, 0.25) is 0 Å². The molecule has 1 saturated heterocycles. The number of hydrogen-bond donors (Lipinski definition) is 3. The average molecular weight is 324 g/mol. The van der Waals surface area contributed by atoms with Crippen LogP contribution in [-0.4, -0.2) is 81.4 Å². The first-order valence-corrected chi connectivity index (χ1v) is 6.75. The maximum atomic E-state index is 12.2. The Morgan fingerprint density at radius 3 is 2.62 bits per heavy atom. The smallest absolute Gasteiger partial charge is 0.345 e. The third-order valence-electron chi connectivity index (χ3n) is 2.97. The SMILES string of the molecule is C=CCN(C(=O)N(CCCl)N=O)[C@@H]1OC[C@@H](O)[C@@H](O)[C@@H]1O. The lowest BCUT2D eigenvalue weighted by atomic mass is 10.0. The normalized spacial score (nSPS) is 28.8. The highest BCUT2D eigenvalue weighted by Crippen LogP contribution is 2.20. The van der Waals surface area contributed by atoms with Gasteiger partial charge in [0.25, 0.3) is 0 Å². The van der Waals surface area contributed by atoms with E-state index >= 15 is 0 Å². The van der Waals surface area contributed by atoms with Gasteiger partial charge in [0.1, 0.15) is 18.3 Å². The van der Waals surface area contributed by atoms with Gasteiger partial charge in [0.15, 0.2) is 6.23 Å². The Labute approximate surface area is 126 Å². The molecule has 1 aliphatic heterocycles. The van der Waals surface area contributed by atoms with Gasteiger partial charge in [-0.25, -0.2) is 4.79 Å². The number of nitrogens with zero attached hydrogens (tertiary/aromatic N) is 3. The van der Waals surface area contributed by atoms with Crippen molar-refractivity contribution in [1.29, 1.82) is 0 Å². The molecule has 1 aliphatic rings. The lowest BCUT2D eigenvalue weighted by Crippen LogP contribution is -2.61. The number of amides is 2. The summed E-state index contributed by atoms with van der Waals surface area (Å²) in [5.41, 5.74) is 0. The molecule has 0 saturated carbocycles. The van der Waals surface area contributed by atoms with Crippen LogP contribution in [0.15, 0.2) is 17.9 Å². The van der Waals surface area contributed by atoms with E-state index in [1.807, 2.05) is 0 Å². The molecule has 0 radical (unpaired) electrons. The van der Waals surface area contributed by atoms with Crippen LogP contribution in [-0.2, 0) is 4.74 Å². The number of nitroso groups, excluding NO2 is 1. The number of carbonyl (C=O) groups excluding carboxylic acids is 1. The van der Waals surface area contributed by atoms with E-state index in [-0.39, 0.29) is 25.6 Å². The number of aliphatic hydroxyl groups is 3. The summed E-state index contributed by atoms with van der Waals surface area (Å²) >= 11 is 5.47. The van der Waals surface area contributed by atoms with E-state index in [1.165, 1.54) is 6.08 Å². The van der Waals surface area contributed by atoms with Crippen molar-refractivity contribution in [2.24, 2.45) is 5.29 Å². The summed E-state index contributed by atoms with van der Waals surface area (Å²) in [6.07, 6.45) is -4.17. The maximum absolute atomic E-state index is 12.2. The monoisotopic (exact) mass is 323 g/mol. The number of ether oxygens (including phenoxy) is 1. The van der Waals surface area contributed by atoms with Crippen molar-refractivity contribution in [3.63, 3.8) is 0 Å². The molecule has 0 aromatic rings. The molecule has 0 bridgehead atoms. The minimum Gasteiger partial charge on any atom is -0.388 e. The van der Waals surface area contributed by atoms with Crippen molar-refractivity contribution in [3.05, 3.63) is 17.6 Å². The molecule has 0 aromatic heterocycles. The van der Waals surface area contributed by atoms with E-state index in [0.717, 1.165) is 4.90 Å². The summed E-state index contributed by atoms with van der Waals surface area (Å²) in [4.78, 5) is 23.9. The zero-order valence-corrected chi connectivity index (χ0v) is 12.0. The third kappa shape index (κ3) is 4.11. The van der Waals surface area contributed by atoms with Crippen LogP contribution >= 0.6 is 11.6 Å². The third-order valence-corrected chi connectivity index (χ3v) is 3.14. The number of halogens is 1. The first-order chi connectivity index (χ1) is 9.97. The molecule has 1 heterocycles. The fourth-order valence-electron chi connectivity index (χ4n) is 1.89. The molecule has 2 amide bonds. The highest BCUT2D eigenvalue weighted by atomic mass is 35.5. The summed E-state index contributed by atoms with van der Waals surface area (Å²) < 4.78 is 5.18. The first-order valence-electron chi connectivity index (χ1n) is 6.22. The summed E-state index contributed by atoms with van der Waals surface area (Å²) in [5, 5.41) is 32.1. The van der Waals surface area contributed by atoms with Crippen LogP contribution in [0.25, 0.3) is 0 Å². The summed E-state index contributed by atoms with van der Waals surface area (Å²) in [6.45, 7) is 3.02. The molecular weight excluding hydrogens is 306 g/mol. The van der Waals surface area contributed by atoms with Crippen molar-refractivity contribution < 1.29 is 24.9 Å². The zero-order valence-electron chi connectivity index (χ0n) is 11.2. The van der Waals surface area contributed by atoms with Crippen LogP contribution in [0.3, 0.4) is 0 Å². The van der Waals surface area contributed by atoms with Crippen LogP contribution in [0.2, 0.25) is 0 Å². The lowest BCUT2D eigenvalue weighted by molar-refractivity contribution is -0.219. The molecule has 0 aromatic carbocycles. The summed E-state index contributed by atoms with van der Waals surface area (Å²) in [5.74, 6) is -0.00513. The Morgan fingerprint density at radius 1 is 1.43 bits per heavy atom. The number of urea groups is 1. The molecule has 1 fully saturated rings. The molecule has 21 heavy (non-hydrogen) atoms. The van der Waals surface area contributed by atoms with Crippen LogP contribution < -0.4 is 0 Å². The predicted octanol–water partition coefficient (Wildman–Crippen LogP) is -0.744. The Kier molecular flexibility index (Phi) is 6.99. The first kappa shape index (κ1) is 17.8. The number of alkyl halides is 1. The molecule has 0 spiro atoms. The van der Waals surface area contributed by atoms with Gasteiger partial charge in [-0.3, -0.25) is 4.90 Å². The van der Waals surface area contributed by atoms with Gasteiger partial charge in [-0.2, -0.15) is 5.01 Å². The minimum atomic E-state index is -1.54. The minimum absolute atomic E-state index is 0.00513. The molecule has 120 valence electrons. The van der Waals surface area contributed by atoms with Crippen LogP contribution in [0.5, 0.6) is 0 Å². The Hall–Kier alpha value is -1.26. The fraction of sp³-hybridized carbons (Fsp3) is 0.727. The number of aliphatic hydroxyl groups excluding tert-OH is 3. The van der Waals surface area contributed by atoms with Crippen molar-refractivity contribution in [2.45, 2.75) is 24.5 Å². The molecule has 1 rings (SSSR count). The van der Waals surface area contributed by atoms with Crippen LogP contribution in [0, 0.1) is 4.91 Å². The van der Waals surface area contributed by atoms with Crippen molar-refractivity contribution in [3.8, 4) is 0 Å². The number of hydrogen-bond acceptors (Lipinski definition) is 7. The van der Waals surface area contributed by atoms with Gasteiger partial charge in [0, 0.05) is 12.4 Å². The second-order valence-corrected chi connectivity index (χ2v) is 4.77. The molecular formula is C11H18ClN3O6. The topological polar surface area (TPSA) is 123 Å². The molecule has 10 heteroatoms. The van der Waals surface area contributed by atoms with E-state index in [9.17, 15) is 25.0 Å². The van der Waals surface area contributed by atoms with E-state index in [4.69, 9.17) is 16.3 Å². The van der Waals surface area contributed by atoms with Crippen molar-refractivity contribution in [1.82, 2.24) is 9.91 Å². The quantitative estimate of drug-likeness (QED) is 0.256. The largest absolute Gasteiger partial charge is 0.388 e. The highest BCUT2D eigenvalue weighted by molar-refractivity contribution is 6.18.